The van der Waals surface area contributed by atoms with Crippen molar-refractivity contribution in [2.75, 3.05) is 13.1 Å². The van der Waals surface area contributed by atoms with Crippen molar-refractivity contribution in [1.29, 1.82) is 0 Å². The van der Waals surface area contributed by atoms with Gasteiger partial charge in [0.25, 0.3) is 0 Å². The largest absolute Gasteiger partial charge is 0.300 e. The van der Waals surface area contributed by atoms with Crippen LogP contribution in [0, 0.1) is 0 Å². The van der Waals surface area contributed by atoms with Crippen LogP contribution < -0.4 is 0 Å². The van der Waals surface area contributed by atoms with Crippen LogP contribution in [0.4, 0.5) is 4.39 Å². The molecule has 1 aliphatic heterocycles. The Kier molecular flexibility index (Phi) is 2.64. The molecule has 0 spiro atoms. The second-order valence-corrected chi connectivity index (χ2v) is 4.15. The van der Waals surface area contributed by atoms with E-state index in [-0.39, 0.29) is 0 Å². The van der Waals surface area contributed by atoms with Crippen LogP contribution in [0.5, 0.6) is 0 Å². The van der Waals surface area contributed by atoms with Gasteiger partial charge in [-0.1, -0.05) is 12.8 Å². The number of likely N-dealkylation sites (tertiary alicyclic amines) is 1. The van der Waals surface area contributed by atoms with E-state index >= 15 is 0 Å². The second kappa shape index (κ2) is 3.73. The zero-order chi connectivity index (χ0) is 8.39. The van der Waals surface area contributed by atoms with Gasteiger partial charge in [0.2, 0.25) is 0 Å². The Balaban J connectivity index is 1.80. The summed E-state index contributed by atoms with van der Waals surface area (Å²) in [4.78, 5) is 2.50. The molecular weight excluding hydrogens is 153 g/mol. The minimum Gasteiger partial charge on any atom is -0.300 e. The van der Waals surface area contributed by atoms with Crippen LogP contribution in [0.15, 0.2) is 0 Å². The Morgan fingerprint density at radius 1 is 0.917 bits per heavy atom. The molecule has 1 nitrogen and oxygen atoms in total. The summed E-state index contributed by atoms with van der Waals surface area (Å²) in [5.74, 6) is 0. The van der Waals surface area contributed by atoms with E-state index in [9.17, 15) is 4.39 Å². The van der Waals surface area contributed by atoms with Crippen LogP contribution in [0.25, 0.3) is 0 Å². The molecule has 0 aromatic rings. The molecule has 1 saturated carbocycles. The number of rotatable bonds is 1. The van der Waals surface area contributed by atoms with Crippen molar-refractivity contribution in [3.8, 4) is 0 Å². The van der Waals surface area contributed by atoms with Gasteiger partial charge in [-0.25, -0.2) is 4.39 Å². The molecule has 1 heterocycles. The topological polar surface area (TPSA) is 3.24 Å². The minimum atomic E-state index is -0.511. The Morgan fingerprint density at radius 2 is 1.50 bits per heavy atom. The zero-order valence-electron chi connectivity index (χ0n) is 7.64. The van der Waals surface area contributed by atoms with Crippen LogP contribution in [0.3, 0.4) is 0 Å². The molecule has 1 aliphatic carbocycles. The van der Waals surface area contributed by atoms with Crippen molar-refractivity contribution >= 4 is 0 Å². The molecule has 1 saturated heterocycles. The number of nitrogens with zero attached hydrogens (tertiary/aromatic N) is 1. The van der Waals surface area contributed by atoms with Crippen LogP contribution in [-0.4, -0.2) is 30.2 Å². The minimum absolute atomic E-state index is 0.511. The Labute approximate surface area is 73.9 Å². The molecule has 2 heteroatoms. The molecule has 0 aromatic heterocycles. The van der Waals surface area contributed by atoms with Gasteiger partial charge in [-0.15, -0.1) is 0 Å². The molecule has 0 N–H and O–H groups in total. The van der Waals surface area contributed by atoms with Crippen LogP contribution in [-0.2, 0) is 0 Å². The second-order valence-electron chi connectivity index (χ2n) is 4.15. The van der Waals surface area contributed by atoms with Crippen LogP contribution in [0.1, 0.15) is 38.5 Å². The monoisotopic (exact) mass is 171 g/mol. The normalized spacial score (nSPS) is 29.8. The first-order valence-electron chi connectivity index (χ1n) is 5.24. The number of piperidine rings is 1. The van der Waals surface area contributed by atoms with Gasteiger partial charge in [-0.3, -0.25) is 0 Å². The lowest BCUT2D eigenvalue weighted by molar-refractivity contribution is 0.113. The fraction of sp³-hybridized carbons (Fsp3) is 1.00. The number of hydrogen-bond donors (Lipinski definition) is 0. The SMILES string of the molecule is FC1CCN(C2CCCC2)CC1. The average Bonchev–Trinajstić information content (AvgIpc) is 2.58. The van der Waals surface area contributed by atoms with Crippen molar-refractivity contribution in [2.24, 2.45) is 0 Å². The van der Waals surface area contributed by atoms with E-state index in [0.29, 0.717) is 0 Å². The first kappa shape index (κ1) is 8.49. The van der Waals surface area contributed by atoms with E-state index in [1.165, 1.54) is 25.7 Å². The number of alkyl halides is 1. The van der Waals surface area contributed by atoms with E-state index in [1.807, 2.05) is 0 Å². The van der Waals surface area contributed by atoms with Gasteiger partial charge in [0.1, 0.15) is 6.17 Å². The molecule has 0 amide bonds. The molecular formula is C10H18FN. The number of halogens is 1. The van der Waals surface area contributed by atoms with E-state index < -0.39 is 6.17 Å². The highest BCUT2D eigenvalue weighted by Crippen LogP contribution is 2.26. The molecule has 2 aliphatic rings. The molecule has 12 heavy (non-hydrogen) atoms. The maximum absolute atomic E-state index is 12.8. The van der Waals surface area contributed by atoms with Crippen molar-refractivity contribution in [1.82, 2.24) is 4.90 Å². The lowest BCUT2D eigenvalue weighted by atomic mass is 10.1. The van der Waals surface area contributed by atoms with E-state index in [1.54, 1.807) is 0 Å². The first-order valence-corrected chi connectivity index (χ1v) is 5.24. The van der Waals surface area contributed by atoms with Gasteiger partial charge in [-0.05, 0) is 25.7 Å². The standard InChI is InChI=1S/C10H18FN/c11-9-5-7-12(8-6-9)10-3-1-2-4-10/h9-10H,1-8H2. The van der Waals surface area contributed by atoms with Gasteiger partial charge in [0, 0.05) is 19.1 Å². The Bertz CT molecular complexity index is 135. The van der Waals surface area contributed by atoms with Gasteiger partial charge < -0.3 is 4.90 Å². The third-order valence-electron chi connectivity index (χ3n) is 3.30. The molecule has 0 radical (unpaired) electrons. The van der Waals surface area contributed by atoms with Crippen molar-refractivity contribution in [2.45, 2.75) is 50.7 Å². The molecule has 2 fully saturated rings. The summed E-state index contributed by atoms with van der Waals surface area (Å²) in [6.45, 7) is 2.01. The highest BCUT2D eigenvalue weighted by atomic mass is 19.1. The first-order chi connectivity index (χ1) is 5.86. The summed E-state index contributed by atoms with van der Waals surface area (Å²) in [6.07, 6.45) is 6.53. The predicted octanol–water partition coefficient (Wildman–Crippen LogP) is 2.36. The van der Waals surface area contributed by atoms with Gasteiger partial charge in [0.05, 0.1) is 0 Å². The Hall–Kier alpha value is -0.110. The quantitative estimate of drug-likeness (QED) is 0.585. The summed E-state index contributed by atoms with van der Waals surface area (Å²) in [5.41, 5.74) is 0. The maximum Gasteiger partial charge on any atom is 0.103 e. The van der Waals surface area contributed by atoms with Crippen molar-refractivity contribution < 1.29 is 4.39 Å². The van der Waals surface area contributed by atoms with Gasteiger partial charge in [-0.2, -0.15) is 0 Å². The summed E-state index contributed by atoms with van der Waals surface area (Å²) < 4.78 is 12.8. The smallest absolute Gasteiger partial charge is 0.103 e. The molecule has 2 rings (SSSR count). The maximum atomic E-state index is 12.8. The molecule has 0 aromatic carbocycles. The van der Waals surface area contributed by atoms with E-state index in [4.69, 9.17) is 0 Å². The predicted molar refractivity (Wildman–Crippen MR) is 48.0 cm³/mol. The van der Waals surface area contributed by atoms with Crippen LogP contribution >= 0.6 is 0 Å². The van der Waals surface area contributed by atoms with Crippen molar-refractivity contribution in [3.05, 3.63) is 0 Å². The Morgan fingerprint density at radius 3 is 2.08 bits per heavy atom. The molecule has 0 unspecified atom stereocenters. The third-order valence-corrected chi connectivity index (χ3v) is 3.30. The fourth-order valence-electron chi connectivity index (χ4n) is 2.50. The van der Waals surface area contributed by atoms with E-state index in [0.717, 1.165) is 32.0 Å². The summed E-state index contributed by atoms with van der Waals surface area (Å²) in [6, 6.07) is 0.803. The number of hydrogen-bond acceptors (Lipinski definition) is 1. The highest BCUT2D eigenvalue weighted by molar-refractivity contribution is 4.81. The summed E-state index contributed by atoms with van der Waals surface area (Å²) in [5, 5.41) is 0. The zero-order valence-corrected chi connectivity index (χ0v) is 7.64. The van der Waals surface area contributed by atoms with Crippen molar-refractivity contribution in [3.63, 3.8) is 0 Å². The lowest BCUT2D eigenvalue weighted by Gasteiger charge is -2.33. The summed E-state index contributed by atoms with van der Waals surface area (Å²) >= 11 is 0. The third kappa shape index (κ3) is 1.79. The fourth-order valence-corrected chi connectivity index (χ4v) is 2.50. The highest BCUT2D eigenvalue weighted by Gasteiger charge is 2.26. The van der Waals surface area contributed by atoms with Gasteiger partial charge >= 0.3 is 0 Å². The average molecular weight is 171 g/mol. The molecule has 70 valence electrons. The van der Waals surface area contributed by atoms with Crippen LogP contribution in [0.2, 0.25) is 0 Å². The molecule has 0 atom stereocenters. The lowest BCUT2D eigenvalue weighted by Crippen LogP contribution is -2.40. The van der Waals surface area contributed by atoms with Gasteiger partial charge in [0.15, 0.2) is 0 Å². The molecule has 0 bridgehead atoms. The van der Waals surface area contributed by atoms with E-state index in [2.05, 4.69) is 4.90 Å². The summed E-state index contributed by atoms with van der Waals surface area (Å²) in [7, 11) is 0.